The summed E-state index contributed by atoms with van der Waals surface area (Å²) < 4.78 is 0. The third-order valence-electron chi connectivity index (χ3n) is 7.79. The lowest BCUT2D eigenvalue weighted by Gasteiger charge is -2.51. The number of primary amides is 1. The molecule has 3 aliphatic carbocycles. The van der Waals surface area contributed by atoms with Crippen LogP contribution in [0.1, 0.15) is 86.5 Å². The number of thioether (sulfide) groups is 1. The minimum Gasteiger partial charge on any atom is -0.369 e. The average molecular weight is 489 g/mol. The lowest BCUT2D eigenvalue weighted by atomic mass is 9.57. The maximum atomic E-state index is 12.6. The van der Waals surface area contributed by atoms with Crippen molar-refractivity contribution < 1.29 is 9.59 Å². The van der Waals surface area contributed by atoms with Crippen LogP contribution >= 0.6 is 11.8 Å². The molecule has 2 bridgehead atoms. The number of carbonyl (C=O) groups excluding carboxylic acids is 2. The van der Waals surface area contributed by atoms with E-state index in [4.69, 9.17) is 5.73 Å². The zero-order valence-electron chi connectivity index (χ0n) is 22.5. The zero-order chi connectivity index (χ0) is 25.5. The van der Waals surface area contributed by atoms with Crippen LogP contribution in [0.25, 0.3) is 0 Å². The van der Waals surface area contributed by atoms with Gasteiger partial charge in [0.1, 0.15) is 0 Å². The lowest BCUT2D eigenvalue weighted by Crippen LogP contribution is -2.57. The van der Waals surface area contributed by atoms with Crippen LogP contribution in [-0.4, -0.2) is 24.1 Å². The van der Waals surface area contributed by atoms with Crippen molar-refractivity contribution in [1.29, 1.82) is 0 Å². The fraction of sp³-hybridized carbons (Fsp3) is 0.724. The fourth-order valence-corrected chi connectivity index (χ4v) is 6.19. The SMILES string of the molecule is CC(C)C.CC1CC2CC(CC(C)(C(N)=O)C2)C1NC(=O)C1(C)CCC1.CSc1ccccc1. The molecule has 4 nitrogen and oxygen atoms in total. The Bertz CT molecular complexity index is 788. The number of fused-ring (bicyclic) bond motifs is 2. The highest BCUT2D eigenvalue weighted by Gasteiger charge is 2.49. The number of hydrogen-bond acceptors (Lipinski definition) is 3. The van der Waals surface area contributed by atoms with E-state index in [1.165, 1.54) is 4.90 Å². The maximum Gasteiger partial charge on any atom is 0.226 e. The molecule has 5 unspecified atom stereocenters. The van der Waals surface area contributed by atoms with Crippen molar-refractivity contribution in [3.63, 3.8) is 0 Å². The quantitative estimate of drug-likeness (QED) is 0.464. The van der Waals surface area contributed by atoms with Crippen LogP contribution in [-0.2, 0) is 9.59 Å². The summed E-state index contributed by atoms with van der Waals surface area (Å²) in [5, 5.41) is 3.35. The molecule has 192 valence electrons. The van der Waals surface area contributed by atoms with E-state index in [9.17, 15) is 9.59 Å². The number of benzene rings is 1. The van der Waals surface area contributed by atoms with E-state index in [0.29, 0.717) is 17.8 Å². The molecule has 4 rings (SSSR count). The van der Waals surface area contributed by atoms with Gasteiger partial charge in [0.05, 0.1) is 0 Å². The van der Waals surface area contributed by atoms with Crippen molar-refractivity contribution in [2.75, 3.05) is 6.26 Å². The van der Waals surface area contributed by atoms with Gasteiger partial charge in [-0.2, -0.15) is 0 Å². The van der Waals surface area contributed by atoms with Crippen LogP contribution in [0, 0.1) is 34.5 Å². The Hall–Kier alpha value is -1.49. The molecule has 0 heterocycles. The predicted octanol–water partition coefficient (Wildman–Crippen LogP) is 6.68. The molecule has 1 aromatic rings. The molecule has 0 aliphatic heterocycles. The van der Waals surface area contributed by atoms with Gasteiger partial charge in [-0.1, -0.05) is 66.2 Å². The Balaban J connectivity index is 0.000000281. The van der Waals surface area contributed by atoms with Crippen LogP contribution in [0.4, 0.5) is 0 Å². The van der Waals surface area contributed by atoms with Crippen molar-refractivity contribution in [1.82, 2.24) is 5.32 Å². The second-order valence-electron chi connectivity index (χ2n) is 12.1. The highest BCUT2D eigenvalue weighted by molar-refractivity contribution is 7.98. The van der Waals surface area contributed by atoms with Gasteiger partial charge in [0.2, 0.25) is 11.8 Å². The predicted molar refractivity (Wildman–Crippen MR) is 145 cm³/mol. The smallest absolute Gasteiger partial charge is 0.226 e. The number of nitrogens with one attached hydrogen (secondary N) is 1. The van der Waals surface area contributed by atoms with Crippen molar-refractivity contribution >= 4 is 23.6 Å². The number of rotatable bonds is 4. The highest BCUT2D eigenvalue weighted by atomic mass is 32.2. The summed E-state index contributed by atoms with van der Waals surface area (Å²) in [6, 6.07) is 10.5. The summed E-state index contributed by atoms with van der Waals surface area (Å²) >= 11 is 1.77. The van der Waals surface area contributed by atoms with Crippen LogP contribution in [0.2, 0.25) is 0 Å². The monoisotopic (exact) mass is 488 g/mol. The number of nitrogens with two attached hydrogens (primary N) is 1. The van der Waals surface area contributed by atoms with Crippen molar-refractivity contribution in [2.45, 2.75) is 97.4 Å². The van der Waals surface area contributed by atoms with Gasteiger partial charge >= 0.3 is 0 Å². The molecule has 34 heavy (non-hydrogen) atoms. The minimum absolute atomic E-state index is 0.155. The molecule has 3 fully saturated rings. The second kappa shape index (κ2) is 12.5. The number of amides is 2. The van der Waals surface area contributed by atoms with Gasteiger partial charge in [-0.15, -0.1) is 11.8 Å². The molecule has 1 aromatic carbocycles. The van der Waals surface area contributed by atoms with Gasteiger partial charge < -0.3 is 11.1 Å². The Labute approximate surface area is 212 Å². The first-order valence-corrected chi connectivity index (χ1v) is 14.3. The molecule has 0 radical (unpaired) electrons. The third-order valence-corrected chi connectivity index (χ3v) is 8.53. The van der Waals surface area contributed by atoms with Crippen molar-refractivity contribution in [3.8, 4) is 0 Å². The summed E-state index contributed by atoms with van der Waals surface area (Å²) in [6.07, 6.45) is 9.23. The van der Waals surface area contributed by atoms with E-state index in [2.05, 4.69) is 58.3 Å². The summed E-state index contributed by atoms with van der Waals surface area (Å²) in [5.74, 6) is 2.35. The van der Waals surface area contributed by atoms with E-state index in [-0.39, 0.29) is 23.3 Å². The first-order chi connectivity index (χ1) is 15.9. The molecular weight excluding hydrogens is 440 g/mol. The molecule has 0 aromatic heterocycles. The number of hydrogen-bond donors (Lipinski definition) is 2. The van der Waals surface area contributed by atoms with Crippen LogP contribution in [0.15, 0.2) is 35.2 Å². The second-order valence-corrected chi connectivity index (χ2v) is 13.0. The molecule has 0 spiro atoms. The fourth-order valence-electron chi connectivity index (χ4n) is 5.76. The van der Waals surface area contributed by atoms with Gasteiger partial charge in [-0.25, -0.2) is 0 Å². The average Bonchev–Trinajstić information content (AvgIpc) is 2.75. The van der Waals surface area contributed by atoms with E-state index >= 15 is 0 Å². The third kappa shape index (κ3) is 7.76. The van der Waals surface area contributed by atoms with Crippen molar-refractivity contribution in [3.05, 3.63) is 30.3 Å². The normalized spacial score (nSPS) is 31.1. The Morgan fingerprint density at radius 1 is 1.03 bits per heavy atom. The Kier molecular flexibility index (Phi) is 10.5. The summed E-state index contributed by atoms with van der Waals surface area (Å²) in [5.41, 5.74) is 5.11. The standard InChI is InChI=1S/C18H30N2O2.C7H8S.C4H10/c1-11-7-12-8-13(10-18(3,9-12)15(19)21)14(11)20-16(22)17(2)5-4-6-17;1-8-7-5-3-2-4-6-7;1-4(2)3/h11-14H,4-10H2,1-3H3,(H2,19,21)(H,20,22);2-6H,1H3;4H,1-3H3. The molecule has 3 saturated carbocycles. The molecule has 5 heteroatoms. The van der Waals surface area contributed by atoms with Gasteiger partial charge in [0.25, 0.3) is 0 Å². The molecule has 0 saturated heterocycles. The summed E-state index contributed by atoms with van der Waals surface area (Å²) in [6.45, 7) is 12.8. The molecular formula is C29H48N2O2S. The topological polar surface area (TPSA) is 72.2 Å². The highest BCUT2D eigenvalue weighted by Crippen LogP contribution is 2.50. The van der Waals surface area contributed by atoms with Gasteiger partial charge in [0.15, 0.2) is 0 Å². The van der Waals surface area contributed by atoms with Crippen LogP contribution in [0.3, 0.4) is 0 Å². The largest absolute Gasteiger partial charge is 0.369 e. The first-order valence-electron chi connectivity index (χ1n) is 13.1. The zero-order valence-corrected chi connectivity index (χ0v) is 23.3. The molecule has 3 N–H and O–H groups in total. The Morgan fingerprint density at radius 2 is 1.62 bits per heavy atom. The first kappa shape index (κ1) is 28.7. The van der Waals surface area contributed by atoms with Gasteiger partial charge in [0, 0.05) is 21.8 Å². The van der Waals surface area contributed by atoms with E-state index in [1.807, 2.05) is 25.1 Å². The van der Waals surface area contributed by atoms with E-state index in [0.717, 1.165) is 50.9 Å². The number of carbonyl (C=O) groups is 2. The summed E-state index contributed by atoms with van der Waals surface area (Å²) in [7, 11) is 0. The van der Waals surface area contributed by atoms with E-state index < -0.39 is 5.41 Å². The summed E-state index contributed by atoms with van der Waals surface area (Å²) in [4.78, 5) is 25.8. The molecule has 3 aliphatic rings. The van der Waals surface area contributed by atoms with Crippen LogP contribution < -0.4 is 11.1 Å². The minimum atomic E-state index is -0.392. The Morgan fingerprint density at radius 3 is 2.06 bits per heavy atom. The maximum absolute atomic E-state index is 12.6. The molecule has 2 amide bonds. The van der Waals surface area contributed by atoms with Gasteiger partial charge in [-0.05, 0) is 80.6 Å². The van der Waals surface area contributed by atoms with Crippen LogP contribution in [0.5, 0.6) is 0 Å². The van der Waals surface area contributed by atoms with E-state index in [1.54, 1.807) is 11.8 Å². The van der Waals surface area contributed by atoms with Gasteiger partial charge in [-0.3, -0.25) is 9.59 Å². The van der Waals surface area contributed by atoms with Crippen molar-refractivity contribution in [2.24, 2.45) is 40.2 Å². The molecule has 5 atom stereocenters. The lowest BCUT2D eigenvalue weighted by molar-refractivity contribution is -0.138.